The zero-order chi connectivity index (χ0) is 10.2. The van der Waals surface area contributed by atoms with Gasteiger partial charge in [-0.05, 0) is 19.4 Å². The van der Waals surface area contributed by atoms with E-state index >= 15 is 0 Å². The Bertz CT molecular complexity index is 357. The number of carboxylic acid groups (broad SMARTS) is 2. The molecule has 0 spiro atoms. The predicted octanol–water partition coefficient (Wildman–Crippen LogP) is -1.69. The van der Waals surface area contributed by atoms with E-state index in [-0.39, 0.29) is 70.4 Å². The van der Waals surface area contributed by atoms with Crippen molar-refractivity contribution in [3.05, 3.63) is 22.3 Å². The summed E-state index contributed by atoms with van der Waals surface area (Å²) in [5.41, 5.74) is 1.33. The first-order valence-electron chi connectivity index (χ1n) is 3.81. The van der Waals surface area contributed by atoms with Crippen molar-refractivity contribution in [1.29, 1.82) is 0 Å². The number of rotatable bonds is 2. The van der Waals surface area contributed by atoms with Crippen molar-refractivity contribution >= 4 is 11.9 Å². The van der Waals surface area contributed by atoms with Gasteiger partial charge in [0, 0.05) is 6.42 Å². The average molecular weight is 222 g/mol. The van der Waals surface area contributed by atoms with Crippen molar-refractivity contribution in [1.82, 2.24) is 0 Å². The molecule has 0 aromatic heterocycles. The fourth-order valence-electron chi connectivity index (χ4n) is 1.40. The quantitative estimate of drug-likeness (QED) is 0.547. The van der Waals surface area contributed by atoms with Crippen molar-refractivity contribution in [3.63, 3.8) is 0 Å². The minimum atomic E-state index is -1.16. The molecule has 0 unspecified atom stereocenters. The van der Waals surface area contributed by atoms with E-state index in [1.807, 2.05) is 0 Å². The van der Waals surface area contributed by atoms with Crippen LogP contribution in [0.2, 0.25) is 0 Å². The van der Waals surface area contributed by atoms with E-state index in [1.54, 1.807) is 13.8 Å². The minimum Gasteiger partial charge on any atom is -1.00 e. The standard InChI is InChI=1S/C9H10O4.K.H/c1-4-3-6(8(10)11)7(5(4)2)9(12)13;;/h3H2,1-2H3,(H,10,11)(H,12,13);;/q;+1;-1. The van der Waals surface area contributed by atoms with Gasteiger partial charge in [0.1, 0.15) is 0 Å². The molecule has 72 valence electrons. The Morgan fingerprint density at radius 1 is 1.21 bits per heavy atom. The minimum absolute atomic E-state index is 0. The average Bonchev–Trinajstić information content (AvgIpc) is 2.28. The third-order valence-electron chi connectivity index (χ3n) is 2.23. The molecule has 0 saturated carbocycles. The van der Waals surface area contributed by atoms with Gasteiger partial charge in [-0.3, -0.25) is 0 Å². The van der Waals surface area contributed by atoms with Gasteiger partial charge < -0.3 is 11.6 Å². The van der Waals surface area contributed by atoms with Crippen molar-refractivity contribution in [2.75, 3.05) is 0 Å². The van der Waals surface area contributed by atoms with Crippen LogP contribution in [0.5, 0.6) is 0 Å². The van der Waals surface area contributed by atoms with Gasteiger partial charge in [0.2, 0.25) is 0 Å². The summed E-state index contributed by atoms with van der Waals surface area (Å²) in [6, 6.07) is 0. The number of allylic oxidation sites excluding steroid dienone is 1. The summed E-state index contributed by atoms with van der Waals surface area (Å²) in [6.07, 6.45) is 0.239. The van der Waals surface area contributed by atoms with Crippen LogP contribution in [-0.4, -0.2) is 22.2 Å². The molecule has 0 bridgehead atoms. The van der Waals surface area contributed by atoms with E-state index in [4.69, 9.17) is 10.2 Å². The Morgan fingerprint density at radius 2 is 1.71 bits per heavy atom. The zero-order valence-electron chi connectivity index (χ0n) is 9.42. The summed E-state index contributed by atoms with van der Waals surface area (Å²) < 4.78 is 0. The SMILES string of the molecule is CC1=C(C)C(C(=O)O)=C(C(=O)O)C1.[H-].[K+]. The van der Waals surface area contributed by atoms with Crippen molar-refractivity contribution < 1.29 is 72.6 Å². The molecule has 0 aromatic rings. The topological polar surface area (TPSA) is 74.6 Å². The van der Waals surface area contributed by atoms with Crippen molar-refractivity contribution in [2.45, 2.75) is 20.3 Å². The van der Waals surface area contributed by atoms with Crippen LogP contribution in [0.15, 0.2) is 22.3 Å². The van der Waals surface area contributed by atoms with Crippen molar-refractivity contribution in [2.24, 2.45) is 0 Å². The van der Waals surface area contributed by atoms with Gasteiger partial charge in [-0.1, -0.05) is 5.57 Å². The van der Waals surface area contributed by atoms with Crippen LogP contribution in [0, 0.1) is 0 Å². The Labute approximate surface area is 126 Å². The van der Waals surface area contributed by atoms with Crippen LogP contribution >= 0.6 is 0 Å². The fourth-order valence-corrected chi connectivity index (χ4v) is 1.40. The number of carboxylic acids is 2. The summed E-state index contributed by atoms with van der Waals surface area (Å²) in [5.74, 6) is -2.31. The normalized spacial score (nSPS) is 15.6. The van der Waals surface area contributed by atoms with Crippen LogP contribution < -0.4 is 51.4 Å². The predicted molar refractivity (Wildman–Crippen MR) is 46.4 cm³/mol. The molecule has 14 heavy (non-hydrogen) atoms. The second kappa shape index (κ2) is 5.23. The maximum absolute atomic E-state index is 10.7. The van der Waals surface area contributed by atoms with E-state index < -0.39 is 11.9 Å². The van der Waals surface area contributed by atoms with Crippen LogP contribution in [0.4, 0.5) is 0 Å². The molecule has 2 N–H and O–H groups in total. The summed E-state index contributed by atoms with van der Waals surface area (Å²) in [5, 5.41) is 17.5. The van der Waals surface area contributed by atoms with Crippen LogP contribution in [0.3, 0.4) is 0 Å². The molecule has 1 aliphatic rings. The maximum atomic E-state index is 10.7. The number of hydrogen-bond acceptors (Lipinski definition) is 2. The van der Waals surface area contributed by atoms with E-state index in [9.17, 15) is 9.59 Å². The number of carbonyl (C=O) groups is 2. The molecule has 4 nitrogen and oxygen atoms in total. The molecule has 0 heterocycles. The third-order valence-corrected chi connectivity index (χ3v) is 2.23. The van der Waals surface area contributed by atoms with E-state index in [0.717, 1.165) is 5.57 Å². The van der Waals surface area contributed by atoms with Gasteiger partial charge in [-0.2, -0.15) is 0 Å². The molecule has 5 heteroatoms. The monoisotopic (exact) mass is 222 g/mol. The smallest absolute Gasteiger partial charge is 1.00 e. The van der Waals surface area contributed by atoms with E-state index in [1.165, 1.54) is 0 Å². The number of aliphatic carboxylic acids is 2. The molecule has 0 aromatic carbocycles. The van der Waals surface area contributed by atoms with Gasteiger partial charge in [-0.25, -0.2) is 9.59 Å². The molecule has 0 fully saturated rings. The Morgan fingerprint density at radius 3 is 2.00 bits per heavy atom. The second-order valence-electron chi connectivity index (χ2n) is 3.05. The van der Waals surface area contributed by atoms with Crippen LogP contribution in [0.1, 0.15) is 21.7 Å². The van der Waals surface area contributed by atoms with E-state index in [0.29, 0.717) is 5.57 Å². The zero-order valence-corrected chi connectivity index (χ0v) is 11.5. The molecule has 1 rings (SSSR count). The number of hydrogen-bond donors (Lipinski definition) is 2. The molecular formula is C9H11KO4. The van der Waals surface area contributed by atoms with Gasteiger partial charge >= 0.3 is 63.3 Å². The molecule has 0 radical (unpaired) electrons. The van der Waals surface area contributed by atoms with Crippen LogP contribution in [0.25, 0.3) is 0 Å². The first-order chi connectivity index (χ1) is 5.95. The Hall–Kier alpha value is 0.0564. The Balaban J connectivity index is 0. The third kappa shape index (κ3) is 2.55. The molecule has 0 saturated heterocycles. The van der Waals surface area contributed by atoms with Crippen molar-refractivity contribution in [3.8, 4) is 0 Å². The largest absolute Gasteiger partial charge is 1.00 e. The molecular weight excluding hydrogens is 211 g/mol. The molecule has 0 atom stereocenters. The molecule has 0 amide bonds. The van der Waals surface area contributed by atoms with Gasteiger partial charge in [0.25, 0.3) is 0 Å². The fraction of sp³-hybridized carbons (Fsp3) is 0.333. The van der Waals surface area contributed by atoms with Crippen LogP contribution in [-0.2, 0) is 9.59 Å². The van der Waals surface area contributed by atoms with E-state index in [2.05, 4.69) is 0 Å². The second-order valence-corrected chi connectivity index (χ2v) is 3.05. The summed E-state index contributed by atoms with van der Waals surface area (Å²) in [7, 11) is 0. The molecule has 1 aliphatic carbocycles. The van der Waals surface area contributed by atoms with Gasteiger partial charge in [0.05, 0.1) is 11.1 Å². The molecule has 0 aliphatic heterocycles. The first kappa shape index (κ1) is 14.1. The first-order valence-corrected chi connectivity index (χ1v) is 3.81. The van der Waals surface area contributed by atoms with Gasteiger partial charge in [0.15, 0.2) is 0 Å². The summed E-state index contributed by atoms with van der Waals surface area (Å²) in [4.78, 5) is 21.4. The summed E-state index contributed by atoms with van der Waals surface area (Å²) in [6.45, 7) is 3.38. The Kier molecular flexibility index (Phi) is 5.25. The maximum Gasteiger partial charge on any atom is 1.00 e. The van der Waals surface area contributed by atoms with Gasteiger partial charge in [-0.15, -0.1) is 0 Å². The summed E-state index contributed by atoms with van der Waals surface area (Å²) >= 11 is 0.